The maximum atomic E-state index is 5.15. The van der Waals surface area contributed by atoms with Crippen LogP contribution in [0.5, 0.6) is 0 Å². The van der Waals surface area contributed by atoms with Crippen LogP contribution in [0.15, 0.2) is 4.47 Å². The molecule has 1 aromatic heterocycles. The minimum atomic E-state index is 0.519. The molecule has 3 heteroatoms. The van der Waals surface area contributed by atoms with Gasteiger partial charge in [0, 0.05) is 0 Å². The molecule has 1 radical (unpaired) electrons. The van der Waals surface area contributed by atoms with Crippen molar-refractivity contribution in [1.29, 1.82) is 0 Å². The molecule has 2 nitrogen and oxygen atoms in total. The third-order valence-electron chi connectivity index (χ3n) is 1.41. The van der Waals surface area contributed by atoms with Crippen LogP contribution in [-0.2, 0) is 13.0 Å². The van der Waals surface area contributed by atoms with Gasteiger partial charge < -0.3 is 0 Å². The second kappa shape index (κ2) is 3.59. The number of hydrogen-bond donors (Lipinski definition) is 0. The summed E-state index contributed by atoms with van der Waals surface area (Å²) in [6.45, 7) is 2.58. The lowest BCUT2D eigenvalue weighted by molar-refractivity contribution is 0.671. The topological polar surface area (TPSA) is 17.8 Å². The van der Waals surface area contributed by atoms with Crippen molar-refractivity contribution in [1.82, 2.24) is 9.78 Å². The number of rotatable bonds is 2. The molecule has 11 heavy (non-hydrogen) atoms. The summed E-state index contributed by atoms with van der Waals surface area (Å²) in [5, 5.41) is 3.98. The maximum Gasteiger partial charge on any atom is 0.128 e. The Kier molecular flexibility index (Phi) is 2.72. The second-order valence-corrected chi connectivity index (χ2v) is 2.88. The highest BCUT2D eigenvalue weighted by atomic mass is 79.9. The first-order chi connectivity index (χ1) is 5.29. The first kappa shape index (κ1) is 8.35. The van der Waals surface area contributed by atoms with Gasteiger partial charge in [-0.1, -0.05) is 12.8 Å². The summed E-state index contributed by atoms with van der Waals surface area (Å²) in [4.78, 5) is 0. The van der Waals surface area contributed by atoms with Crippen molar-refractivity contribution in [3.8, 4) is 12.3 Å². The molecule has 57 valence electrons. The van der Waals surface area contributed by atoms with Gasteiger partial charge >= 0.3 is 0 Å². The zero-order valence-electron chi connectivity index (χ0n) is 6.26. The van der Waals surface area contributed by atoms with Gasteiger partial charge in [0.2, 0.25) is 0 Å². The van der Waals surface area contributed by atoms with Gasteiger partial charge in [0.15, 0.2) is 0 Å². The van der Waals surface area contributed by atoms with Crippen LogP contribution in [0.1, 0.15) is 12.6 Å². The van der Waals surface area contributed by atoms with Crippen LogP contribution in [0.3, 0.4) is 0 Å². The number of terminal acetylenes is 1. The fraction of sp³-hybridized carbons (Fsp3) is 0.375. The minimum Gasteiger partial charge on any atom is -0.256 e. The lowest BCUT2D eigenvalue weighted by Crippen LogP contribution is -2.02. The van der Waals surface area contributed by atoms with Crippen LogP contribution in [0.25, 0.3) is 0 Å². The SMILES string of the molecule is C#CCn1n[c]c(Br)c1CC. The van der Waals surface area contributed by atoms with Crippen molar-refractivity contribution in [3.05, 3.63) is 16.4 Å². The molecule has 0 aliphatic rings. The quantitative estimate of drug-likeness (QED) is 0.681. The van der Waals surface area contributed by atoms with Gasteiger partial charge in [0.1, 0.15) is 12.7 Å². The molecule has 0 aliphatic carbocycles. The molecule has 0 bridgehead atoms. The molecule has 0 saturated carbocycles. The van der Waals surface area contributed by atoms with Crippen LogP contribution in [0.2, 0.25) is 0 Å². The second-order valence-electron chi connectivity index (χ2n) is 2.09. The summed E-state index contributed by atoms with van der Waals surface area (Å²) in [5.41, 5.74) is 1.10. The fourth-order valence-electron chi connectivity index (χ4n) is 0.897. The van der Waals surface area contributed by atoms with E-state index in [2.05, 4.69) is 40.1 Å². The molecule has 1 aromatic rings. The van der Waals surface area contributed by atoms with E-state index in [-0.39, 0.29) is 0 Å². The van der Waals surface area contributed by atoms with Crippen LogP contribution >= 0.6 is 15.9 Å². The summed E-state index contributed by atoms with van der Waals surface area (Å²) < 4.78 is 2.68. The molecular formula is C8H8BrN2. The lowest BCUT2D eigenvalue weighted by atomic mass is 10.3. The van der Waals surface area contributed by atoms with Crippen LogP contribution in [0, 0.1) is 18.5 Å². The molecule has 0 saturated heterocycles. The fourth-order valence-corrected chi connectivity index (χ4v) is 1.46. The van der Waals surface area contributed by atoms with Crippen LogP contribution in [-0.4, -0.2) is 9.78 Å². The van der Waals surface area contributed by atoms with Gasteiger partial charge in [-0.2, -0.15) is 5.10 Å². The number of aromatic nitrogens is 2. The summed E-state index contributed by atoms with van der Waals surface area (Å²) in [6.07, 6.45) is 8.88. The Bertz CT molecular complexity index is 283. The molecule has 0 amide bonds. The Morgan fingerprint density at radius 1 is 1.82 bits per heavy atom. The normalized spacial score (nSPS) is 9.55. The molecule has 1 heterocycles. The Labute approximate surface area is 74.7 Å². The summed E-state index contributed by atoms with van der Waals surface area (Å²) in [6, 6.07) is 0. The van der Waals surface area contributed by atoms with Gasteiger partial charge in [-0.05, 0) is 22.4 Å². The molecule has 0 unspecified atom stereocenters. The molecule has 0 aromatic carbocycles. The molecular weight excluding hydrogens is 204 g/mol. The molecule has 0 aliphatic heterocycles. The van der Waals surface area contributed by atoms with Gasteiger partial charge in [0.05, 0.1) is 10.2 Å². The minimum absolute atomic E-state index is 0.519. The summed E-state index contributed by atoms with van der Waals surface area (Å²) in [5.74, 6) is 2.53. The Hall–Kier alpha value is -0.750. The smallest absolute Gasteiger partial charge is 0.128 e. The van der Waals surface area contributed by atoms with E-state index in [1.807, 2.05) is 0 Å². The van der Waals surface area contributed by atoms with E-state index in [0.717, 1.165) is 16.6 Å². The summed E-state index contributed by atoms with van der Waals surface area (Å²) in [7, 11) is 0. The molecule has 0 spiro atoms. The van der Waals surface area contributed by atoms with Gasteiger partial charge in [-0.25, -0.2) is 0 Å². The standard InChI is InChI=1S/C8H8BrN2/c1-3-5-11-8(4-2)7(9)6-10-11/h1H,4-5H2,2H3. The van der Waals surface area contributed by atoms with E-state index in [4.69, 9.17) is 6.42 Å². The van der Waals surface area contributed by atoms with Crippen molar-refractivity contribution >= 4 is 15.9 Å². The van der Waals surface area contributed by atoms with E-state index >= 15 is 0 Å². The molecule has 0 atom stereocenters. The zero-order valence-corrected chi connectivity index (χ0v) is 7.85. The molecule has 0 fully saturated rings. The van der Waals surface area contributed by atoms with Crippen molar-refractivity contribution in [2.24, 2.45) is 0 Å². The lowest BCUT2D eigenvalue weighted by Gasteiger charge is -1.99. The monoisotopic (exact) mass is 211 g/mol. The first-order valence-electron chi connectivity index (χ1n) is 3.36. The van der Waals surface area contributed by atoms with Crippen molar-refractivity contribution in [3.63, 3.8) is 0 Å². The zero-order chi connectivity index (χ0) is 8.27. The first-order valence-corrected chi connectivity index (χ1v) is 4.15. The Balaban J connectivity index is 2.97. The molecule has 1 rings (SSSR count). The van der Waals surface area contributed by atoms with E-state index in [1.54, 1.807) is 4.68 Å². The van der Waals surface area contributed by atoms with E-state index in [1.165, 1.54) is 0 Å². The predicted molar refractivity (Wildman–Crippen MR) is 47.0 cm³/mol. The molecule has 0 N–H and O–H groups in total. The average molecular weight is 212 g/mol. The number of hydrogen-bond acceptors (Lipinski definition) is 1. The highest BCUT2D eigenvalue weighted by Crippen LogP contribution is 2.15. The van der Waals surface area contributed by atoms with E-state index < -0.39 is 0 Å². The van der Waals surface area contributed by atoms with Crippen molar-refractivity contribution in [2.45, 2.75) is 19.9 Å². The van der Waals surface area contributed by atoms with Gasteiger partial charge in [-0.15, -0.1) is 6.42 Å². The van der Waals surface area contributed by atoms with E-state index in [0.29, 0.717) is 6.54 Å². The third-order valence-corrected chi connectivity index (χ3v) is 2.04. The van der Waals surface area contributed by atoms with Gasteiger partial charge in [-0.3, -0.25) is 4.68 Å². The van der Waals surface area contributed by atoms with Gasteiger partial charge in [0.25, 0.3) is 0 Å². The van der Waals surface area contributed by atoms with Crippen molar-refractivity contribution < 1.29 is 0 Å². The average Bonchev–Trinajstić information content (AvgIpc) is 2.33. The van der Waals surface area contributed by atoms with E-state index in [9.17, 15) is 0 Å². The van der Waals surface area contributed by atoms with Crippen molar-refractivity contribution in [2.75, 3.05) is 0 Å². The Morgan fingerprint density at radius 2 is 2.55 bits per heavy atom. The number of nitrogens with zero attached hydrogens (tertiary/aromatic N) is 2. The van der Waals surface area contributed by atoms with Crippen LogP contribution < -0.4 is 0 Å². The summed E-state index contributed by atoms with van der Waals surface area (Å²) >= 11 is 3.34. The highest BCUT2D eigenvalue weighted by Gasteiger charge is 2.04. The predicted octanol–water partition coefficient (Wildman–Crippen LogP) is 1.64. The largest absolute Gasteiger partial charge is 0.256 e. The van der Waals surface area contributed by atoms with Crippen LogP contribution in [0.4, 0.5) is 0 Å². The third kappa shape index (κ3) is 1.63. The number of halogens is 1. The Morgan fingerprint density at radius 3 is 3.09 bits per heavy atom. The maximum absolute atomic E-state index is 5.15. The highest BCUT2D eigenvalue weighted by molar-refractivity contribution is 9.10.